The van der Waals surface area contributed by atoms with Gasteiger partial charge in [0.1, 0.15) is 6.04 Å². The van der Waals surface area contributed by atoms with Crippen molar-refractivity contribution < 1.29 is 0 Å². The Bertz CT molecular complexity index is 1390. The van der Waals surface area contributed by atoms with Crippen LogP contribution in [0.4, 0.5) is 0 Å². The predicted octanol–water partition coefficient (Wildman–Crippen LogP) is 7.67. The van der Waals surface area contributed by atoms with E-state index in [1.807, 2.05) is 0 Å². The topological polar surface area (TPSA) is 24.4 Å². The third kappa shape index (κ3) is 3.90. The summed E-state index contributed by atoms with van der Waals surface area (Å²) in [6, 6.07) is 41.2. The van der Waals surface area contributed by atoms with E-state index in [1.54, 1.807) is 11.8 Å². The zero-order chi connectivity index (χ0) is 22.0. The first-order valence-electron chi connectivity index (χ1n) is 11.3. The van der Waals surface area contributed by atoms with Crippen LogP contribution >= 0.6 is 11.8 Å². The molecule has 5 aromatic rings. The summed E-state index contributed by atoms with van der Waals surface area (Å²) in [5, 5.41) is 9.96. The minimum absolute atomic E-state index is 0.0698. The van der Waals surface area contributed by atoms with Crippen LogP contribution in [-0.4, -0.2) is 5.17 Å². The third-order valence-electron chi connectivity index (χ3n) is 6.39. The highest BCUT2D eigenvalue weighted by Gasteiger charge is 2.31. The molecule has 0 aliphatic carbocycles. The van der Waals surface area contributed by atoms with Gasteiger partial charge in [0.25, 0.3) is 0 Å². The molecular formula is C30H24N2S. The maximum atomic E-state index is 5.16. The summed E-state index contributed by atoms with van der Waals surface area (Å²) in [4.78, 5) is 5.16. The first kappa shape index (κ1) is 20.1. The predicted molar refractivity (Wildman–Crippen MR) is 142 cm³/mol. The van der Waals surface area contributed by atoms with Gasteiger partial charge in [0.15, 0.2) is 5.17 Å². The van der Waals surface area contributed by atoms with Crippen molar-refractivity contribution in [2.24, 2.45) is 4.99 Å². The van der Waals surface area contributed by atoms with Crippen LogP contribution in [0.25, 0.3) is 21.5 Å². The van der Waals surface area contributed by atoms with Crippen molar-refractivity contribution in [1.29, 1.82) is 0 Å². The molecule has 0 spiro atoms. The lowest BCUT2D eigenvalue weighted by Crippen LogP contribution is -2.22. The molecule has 5 aromatic carbocycles. The molecule has 0 fully saturated rings. The molecule has 6 rings (SSSR count). The van der Waals surface area contributed by atoms with Gasteiger partial charge >= 0.3 is 0 Å². The molecule has 1 heterocycles. The van der Waals surface area contributed by atoms with Gasteiger partial charge in [-0.25, -0.2) is 0 Å². The maximum absolute atomic E-state index is 5.16. The van der Waals surface area contributed by atoms with E-state index < -0.39 is 0 Å². The van der Waals surface area contributed by atoms with Gasteiger partial charge < -0.3 is 5.32 Å². The first-order valence-corrected chi connectivity index (χ1v) is 12.3. The molecule has 0 saturated heterocycles. The summed E-state index contributed by atoms with van der Waals surface area (Å²) in [6.07, 6.45) is 0. The summed E-state index contributed by atoms with van der Waals surface area (Å²) in [7, 11) is 0. The van der Waals surface area contributed by atoms with Gasteiger partial charge in [0, 0.05) is 5.75 Å². The highest BCUT2D eigenvalue weighted by molar-refractivity contribution is 8.13. The zero-order valence-electron chi connectivity index (χ0n) is 18.2. The monoisotopic (exact) mass is 444 g/mol. The van der Waals surface area contributed by atoms with E-state index in [4.69, 9.17) is 4.99 Å². The van der Waals surface area contributed by atoms with E-state index in [2.05, 4.69) is 121 Å². The highest BCUT2D eigenvalue weighted by Crippen LogP contribution is 2.39. The van der Waals surface area contributed by atoms with Gasteiger partial charge in [-0.05, 0) is 44.3 Å². The van der Waals surface area contributed by atoms with Crippen LogP contribution < -0.4 is 5.32 Å². The molecule has 0 amide bonds. The van der Waals surface area contributed by atoms with Gasteiger partial charge in [-0.2, -0.15) is 0 Å². The van der Waals surface area contributed by atoms with Crippen molar-refractivity contribution in [2.75, 3.05) is 0 Å². The lowest BCUT2D eigenvalue weighted by atomic mass is 9.95. The molecule has 0 bridgehead atoms. The molecule has 160 valence electrons. The Morgan fingerprint density at radius 3 is 1.82 bits per heavy atom. The fourth-order valence-corrected chi connectivity index (χ4v) is 5.77. The standard InChI is InChI=1S/C30H24N2S/c1-3-11-21(12-4-1)28-29(22-13-5-2-6-14-22)32-30(31-28)33-20-27-25-17-9-7-15-23(25)19-24-16-8-10-18-26(24)27/h1-19,28-29H,20H2,(H,31,32)/t28-,29+. The number of rotatable bonds is 4. The summed E-state index contributed by atoms with van der Waals surface area (Å²) in [5.41, 5.74) is 3.88. The number of hydrogen-bond acceptors (Lipinski definition) is 3. The van der Waals surface area contributed by atoms with Crippen molar-refractivity contribution >= 4 is 38.5 Å². The van der Waals surface area contributed by atoms with E-state index in [-0.39, 0.29) is 12.1 Å². The summed E-state index contributed by atoms with van der Waals surface area (Å²) >= 11 is 1.80. The average molecular weight is 445 g/mol. The SMILES string of the molecule is c1ccc([C@H]2N=C(SCc3c4ccccc4cc4ccccc34)N[C@H]2c2ccccc2)cc1. The largest absolute Gasteiger partial charge is 0.356 e. The fourth-order valence-electron chi connectivity index (χ4n) is 4.78. The third-order valence-corrected chi connectivity index (χ3v) is 7.32. The normalized spacial score (nSPS) is 17.8. The van der Waals surface area contributed by atoms with Crippen molar-refractivity contribution in [3.05, 3.63) is 132 Å². The van der Waals surface area contributed by atoms with Crippen LogP contribution in [0.5, 0.6) is 0 Å². The lowest BCUT2D eigenvalue weighted by Gasteiger charge is -2.19. The number of nitrogens with zero attached hydrogens (tertiary/aromatic N) is 1. The van der Waals surface area contributed by atoms with Crippen molar-refractivity contribution in [2.45, 2.75) is 17.8 Å². The van der Waals surface area contributed by atoms with Gasteiger partial charge in [-0.1, -0.05) is 121 Å². The minimum atomic E-state index is 0.0698. The van der Waals surface area contributed by atoms with Crippen molar-refractivity contribution in [3.8, 4) is 0 Å². The molecular weight excluding hydrogens is 420 g/mol. The van der Waals surface area contributed by atoms with Crippen LogP contribution in [-0.2, 0) is 5.75 Å². The Morgan fingerprint density at radius 1 is 0.636 bits per heavy atom. The molecule has 0 radical (unpaired) electrons. The lowest BCUT2D eigenvalue weighted by molar-refractivity contribution is 0.573. The minimum Gasteiger partial charge on any atom is -0.356 e. The summed E-state index contributed by atoms with van der Waals surface area (Å²) in [5.74, 6) is 0.872. The molecule has 0 saturated carbocycles. The number of nitrogens with one attached hydrogen (secondary N) is 1. The van der Waals surface area contributed by atoms with E-state index in [0.717, 1.165) is 10.9 Å². The Hall–Kier alpha value is -3.56. The fraction of sp³-hybridized carbons (Fsp3) is 0.100. The molecule has 1 aliphatic heterocycles. The number of fused-ring (bicyclic) bond motifs is 2. The van der Waals surface area contributed by atoms with Gasteiger partial charge in [0.2, 0.25) is 0 Å². The molecule has 1 N–H and O–H groups in total. The Kier molecular flexibility index (Phi) is 5.33. The molecule has 2 atom stereocenters. The van der Waals surface area contributed by atoms with E-state index in [1.165, 1.54) is 38.2 Å². The Labute approximate surface area is 198 Å². The Morgan fingerprint density at radius 2 is 1.18 bits per heavy atom. The number of amidine groups is 1. The smallest absolute Gasteiger partial charge is 0.158 e. The molecule has 0 unspecified atom stereocenters. The summed E-state index contributed by atoms with van der Waals surface area (Å²) in [6.45, 7) is 0. The van der Waals surface area contributed by atoms with Crippen LogP contribution in [0, 0.1) is 0 Å². The highest BCUT2D eigenvalue weighted by atomic mass is 32.2. The van der Waals surface area contributed by atoms with Gasteiger partial charge in [0.05, 0.1) is 6.04 Å². The van der Waals surface area contributed by atoms with Crippen LogP contribution in [0.3, 0.4) is 0 Å². The quantitative estimate of drug-likeness (QED) is 0.288. The number of benzene rings is 5. The number of thioether (sulfide) groups is 1. The maximum Gasteiger partial charge on any atom is 0.158 e. The molecule has 2 nitrogen and oxygen atoms in total. The van der Waals surface area contributed by atoms with E-state index in [9.17, 15) is 0 Å². The van der Waals surface area contributed by atoms with Crippen LogP contribution in [0.1, 0.15) is 28.8 Å². The van der Waals surface area contributed by atoms with Crippen molar-refractivity contribution in [3.63, 3.8) is 0 Å². The number of aliphatic imine (C=N–C) groups is 1. The molecule has 33 heavy (non-hydrogen) atoms. The second-order valence-electron chi connectivity index (χ2n) is 8.41. The van der Waals surface area contributed by atoms with E-state index in [0.29, 0.717) is 0 Å². The zero-order valence-corrected chi connectivity index (χ0v) is 19.0. The van der Waals surface area contributed by atoms with Gasteiger partial charge in [-0.15, -0.1) is 0 Å². The summed E-state index contributed by atoms with van der Waals surface area (Å²) < 4.78 is 0. The average Bonchev–Trinajstić information content (AvgIpc) is 3.32. The first-order chi connectivity index (χ1) is 16.4. The molecule has 3 heteroatoms. The van der Waals surface area contributed by atoms with Crippen LogP contribution in [0.2, 0.25) is 0 Å². The second kappa shape index (κ2) is 8.76. The molecule has 1 aliphatic rings. The van der Waals surface area contributed by atoms with E-state index >= 15 is 0 Å². The number of hydrogen-bond donors (Lipinski definition) is 1. The Balaban J connectivity index is 1.35. The van der Waals surface area contributed by atoms with Crippen LogP contribution in [0.15, 0.2) is 120 Å². The second-order valence-corrected chi connectivity index (χ2v) is 9.37. The van der Waals surface area contributed by atoms with Gasteiger partial charge in [-0.3, -0.25) is 4.99 Å². The van der Waals surface area contributed by atoms with Crippen molar-refractivity contribution in [1.82, 2.24) is 5.32 Å². The molecule has 0 aromatic heterocycles.